The number of likely N-dealkylation sites (N-methyl/N-ethyl adjacent to an activating group) is 1. The van der Waals surface area contributed by atoms with Crippen molar-refractivity contribution >= 4 is 23.1 Å². The number of hydrogen-bond donors (Lipinski definition) is 0. The summed E-state index contributed by atoms with van der Waals surface area (Å²) in [6, 6.07) is 21.7. The molecule has 0 aliphatic carbocycles. The third kappa shape index (κ3) is 4.29. The molecule has 2 aliphatic heterocycles. The molecule has 0 unspecified atom stereocenters. The lowest BCUT2D eigenvalue weighted by atomic mass is 9.98. The Balaban J connectivity index is 1.39. The first kappa shape index (κ1) is 21.4. The van der Waals surface area contributed by atoms with Crippen LogP contribution in [0.3, 0.4) is 0 Å². The SMILES string of the molecule is COc1ccc(-c2ccc3c(c2)C=CCN3c2ccc(N3CCN(C)CC3)cc2)cc1OC. The molecular formula is C28H31N3O2. The summed E-state index contributed by atoms with van der Waals surface area (Å²) in [6.45, 7) is 5.29. The second kappa shape index (κ2) is 9.20. The molecular weight excluding hydrogens is 410 g/mol. The predicted octanol–water partition coefficient (Wildman–Crippen LogP) is 5.29. The zero-order valence-corrected chi connectivity index (χ0v) is 19.6. The molecule has 1 saturated heterocycles. The van der Waals surface area contributed by atoms with Gasteiger partial charge in [-0.05, 0) is 72.3 Å². The molecule has 1 fully saturated rings. The van der Waals surface area contributed by atoms with Gasteiger partial charge in [-0.25, -0.2) is 0 Å². The average molecular weight is 442 g/mol. The van der Waals surface area contributed by atoms with Crippen LogP contribution >= 0.6 is 0 Å². The van der Waals surface area contributed by atoms with Crippen molar-refractivity contribution < 1.29 is 9.47 Å². The fraction of sp³-hybridized carbons (Fsp3) is 0.286. The highest BCUT2D eigenvalue weighted by atomic mass is 16.5. The highest BCUT2D eigenvalue weighted by molar-refractivity contribution is 5.82. The summed E-state index contributed by atoms with van der Waals surface area (Å²) in [5.41, 5.74) is 7.25. The minimum Gasteiger partial charge on any atom is -0.493 e. The van der Waals surface area contributed by atoms with Gasteiger partial charge in [0.15, 0.2) is 11.5 Å². The lowest BCUT2D eigenvalue weighted by Crippen LogP contribution is -2.44. The van der Waals surface area contributed by atoms with E-state index < -0.39 is 0 Å². The molecule has 0 spiro atoms. The normalized spacial score (nSPS) is 16.0. The van der Waals surface area contributed by atoms with E-state index in [-0.39, 0.29) is 0 Å². The highest BCUT2D eigenvalue weighted by Gasteiger charge is 2.18. The summed E-state index contributed by atoms with van der Waals surface area (Å²) in [6.07, 6.45) is 4.45. The first-order chi connectivity index (χ1) is 16.2. The van der Waals surface area contributed by atoms with Crippen molar-refractivity contribution in [2.45, 2.75) is 0 Å². The molecule has 0 N–H and O–H groups in total. The van der Waals surface area contributed by atoms with Crippen LogP contribution in [0.1, 0.15) is 5.56 Å². The largest absolute Gasteiger partial charge is 0.493 e. The fourth-order valence-electron chi connectivity index (χ4n) is 4.67. The van der Waals surface area contributed by atoms with Gasteiger partial charge in [-0.1, -0.05) is 24.3 Å². The van der Waals surface area contributed by atoms with Gasteiger partial charge in [0.25, 0.3) is 0 Å². The Morgan fingerprint density at radius 2 is 1.36 bits per heavy atom. The van der Waals surface area contributed by atoms with Gasteiger partial charge in [-0.15, -0.1) is 0 Å². The maximum Gasteiger partial charge on any atom is 0.161 e. The Kier molecular flexibility index (Phi) is 5.97. The molecule has 0 radical (unpaired) electrons. The van der Waals surface area contributed by atoms with Crippen LogP contribution in [0.15, 0.2) is 66.7 Å². The Morgan fingerprint density at radius 1 is 0.697 bits per heavy atom. The molecule has 0 amide bonds. The third-order valence-electron chi connectivity index (χ3n) is 6.65. The number of hydrogen-bond acceptors (Lipinski definition) is 5. The van der Waals surface area contributed by atoms with Crippen LogP contribution in [0.5, 0.6) is 11.5 Å². The van der Waals surface area contributed by atoms with Crippen molar-refractivity contribution in [2.24, 2.45) is 0 Å². The van der Waals surface area contributed by atoms with Crippen molar-refractivity contribution in [3.05, 3.63) is 72.3 Å². The summed E-state index contributed by atoms with van der Waals surface area (Å²) in [7, 11) is 5.52. The van der Waals surface area contributed by atoms with E-state index in [2.05, 4.69) is 82.4 Å². The fourth-order valence-corrected chi connectivity index (χ4v) is 4.67. The van der Waals surface area contributed by atoms with Crippen molar-refractivity contribution in [2.75, 3.05) is 63.8 Å². The Labute approximate surface area is 196 Å². The van der Waals surface area contributed by atoms with Crippen molar-refractivity contribution in [3.8, 4) is 22.6 Å². The van der Waals surface area contributed by atoms with Gasteiger partial charge >= 0.3 is 0 Å². The molecule has 3 aromatic rings. The molecule has 0 saturated carbocycles. The molecule has 5 heteroatoms. The van der Waals surface area contributed by atoms with E-state index in [1.807, 2.05) is 12.1 Å². The Morgan fingerprint density at radius 3 is 2.09 bits per heavy atom. The van der Waals surface area contributed by atoms with E-state index in [1.54, 1.807) is 14.2 Å². The van der Waals surface area contributed by atoms with E-state index in [0.717, 1.165) is 55.3 Å². The summed E-state index contributed by atoms with van der Waals surface area (Å²) in [4.78, 5) is 7.24. The van der Waals surface area contributed by atoms with Crippen LogP contribution < -0.4 is 19.3 Å². The second-order valence-corrected chi connectivity index (χ2v) is 8.66. The van der Waals surface area contributed by atoms with Crippen LogP contribution in [0, 0.1) is 0 Å². The van der Waals surface area contributed by atoms with Gasteiger partial charge in [0, 0.05) is 49.8 Å². The van der Waals surface area contributed by atoms with Crippen LogP contribution in [0.2, 0.25) is 0 Å². The van der Waals surface area contributed by atoms with Crippen LogP contribution in [0.4, 0.5) is 17.1 Å². The summed E-state index contributed by atoms with van der Waals surface area (Å²) in [5.74, 6) is 1.48. The topological polar surface area (TPSA) is 28.2 Å². The molecule has 33 heavy (non-hydrogen) atoms. The van der Waals surface area contributed by atoms with Crippen LogP contribution in [0.25, 0.3) is 17.2 Å². The maximum absolute atomic E-state index is 5.49. The number of ether oxygens (including phenoxy) is 2. The maximum atomic E-state index is 5.49. The zero-order chi connectivity index (χ0) is 22.8. The number of rotatable bonds is 5. The Hall–Kier alpha value is -3.44. The van der Waals surface area contributed by atoms with Gasteiger partial charge in [0.1, 0.15) is 0 Å². The molecule has 2 heterocycles. The van der Waals surface area contributed by atoms with E-state index in [9.17, 15) is 0 Å². The molecule has 0 atom stereocenters. The van der Waals surface area contributed by atoms with E-state index in [1.165, 1.54) is 22.6 Å². The molecule has 0 bridgehead atoms. The first-order valence-corrected chi connectivity index (χ1v) is 11.5. The van der Waals surface area contributed by atoms with Crippen molar-refractivity contribution in [1.82, 2.24) is 4.90 Å². The average Bonchev–Trinajstić information content (AvgIpc) is 2.88. The third-order valence-corrected chi connectivity index (χ3v) is 6.65. The minimum atomic E-state index is 0.741. The number of anilines is 3. The van der Waals surface area contributed by atoms with Gasteiger partial charge < -0.3 is 24.2 Å². The summed E-state index contributed by atoms with van der Waals surface area (Å²) in [5, 5.41) is 0. The lowest BCUT2D eigenvalue weighted by molar-refractivity contribution is 0.313. The summed E-state index contributed by atoms with van der Waals surface area (Å²) >= 11 is 0. The standard InChI is InChI=1S/C28H31N3O2/c1-29-15-17-30(18-16-29)24-8-10-25(11-9-24)31-14-4-5-23-19-21(6-12-26(23)31)22-7-13-27(32-2)28(20-22)33-3/h4-13,19-20H,14-18H2,1-3H3. The molecule has 3 aromatic carbocycles. The number of piperazine rings is 1. The predicted molar refractivity (Wildman–Crippen MR) is 137 cm³/mol. The van der Waals surface area contributed by atoms with Crippen LogP contribution in [-0.2, 0) is 0 Å². The number of nitrogens with zero attached hydrogens (tertiary/aromatic N) is 3. The van der Waals surface area contributed by atoms with Gasteiger partial charge in [0.05, 0.1) is 14.2 Å². The molecule has 5 nitrogen and oxygen atoms in total. The smallest absolute Gasteiger partial charge is 0.161 e. The molecule has 2 aliphatic rings. The van der Waals surface area contributed by atoms with Gasteiger partial charge in [-0.3, -0.25) is 0 Å². The Bertz CT molecular complexity index is 1150. The number of benzene rings is 3. The summed E-state index contributed by atoms with van der Waals surface area (Å²) < 4.78 is 10.9. The van der Waals surface area contributed by atoms with E-state index in [0.29, 0.717) is 0 Å². The quantitative estimate of drug-likeness (QED) is 0.537. The van der Waals surface area contributed by atoms with Crippen molar-refractivity contribution in [1.29, 1.82) is 0 Å². The molecule has 5 rings (SSSR count). The van der Waals surface area contributed by atoms with Gasteiger partial charge in [0.2, 0.25) is 0 Å². The van der Waals surface area contributed by atoms with E-state index in [4.69, 9.17) is 9.47 Å². The monoisotopic (exact) mass is 441 g/mol. The zero-order valence-electron chi connectivity index (χ0n) is 19.6. The van der Waals surface area contributed by atoms with E-state index >= 15 is 0 Å². The minimum absolute atomic E-state index is 0.741. The number of fused-ring (bicyclic) bond motifs is 1. The lowest BCUT2D eigenvalue weighted by Gasteiger charge is -2.34. The number of methoxy groups -OCH3 is 2. The van der Waals surface area contributed by atoms with Gasteiger partial charge in [-0.2, -0.15) is 0 Å². The highest BCUT2D eigenvalue weighted by Crippen LogP contribution is 2.38. The molecule has 170 valence electrons. The first-order valence-electron chi connectivity index (χ1n) is 11.5. The second-order valence-electron chi connectivity index (χ2n) is 8.66. The van der Waals surface area contributed by atoms with Crippen LogP contribution in [-0.4, -0.2) is 58.9 Å². The molecule has 0 aromatic heterocycles. The van der Waals surface area contributed by atoms with Crippen molar-refractivity contribution in [3.63, 3.8) is 0 Å².